The Morgan fingerprint density at radius 2 is 1.62 bits per heavy atom. The number of aryl methyl sites for hydroxylation is 2. The van der Waals surface area contributed by atoms with E-state index < -0.39 is 0 Å². The Hall–Kier alpha value is -1.81. The average Bonchev–Trinajstić information content (AvgIpc) is 2.48. The van der Waals surface area contributed by atoms with Crippen molar-refractivity contribution in [2.45, 2.75) is 13.8 Å². The molecule has 0 radical (unpaired) electrons. The lowest BCUT2D eigenvalue weighted by Crippen LogP contribution is -2.05. The molecule has 0 aromatic heterocycles. The van der Waals surface area contributed by atoms with Crippen molar-refractivity contribution >= 4 is 21.7 Å². The van der Waals surface area contributed by atoms with Gasteiger partial charge in [0.15, 0.2) is 5.78 Å². The van der Waals surface area contributed by atoms with Crippen LogP contribution in [-0.4, -0.2) is 20.0 Å². The summed E-state index contributed by atoms with van der Waals surface area (Å²) >= 11 is 3.41. The number of ketones is 1. The summed E-state index contributed by atoms with van der Waals surface area (Å²) in [5.74, 6) is 1.48. The lowest BCUT2D eigenvalue weighted by atomic mass is 9.96. The molecular formula is C17H17BrO3. The minimum Gasteiger partial charge on any atom is -0.496 e. The molecule has 0 unspecified atom stereocenters. The fourth-order valence-electron chi connectivity index (χ4n) is 2.22. The van der Waals surface area contributed by atoms with Crippen LogP contribution in [0.5, 0.6) is 11.5 Å². The summed E-state index contributed by atoms with van der Waals surface area (Å²) in [6.07, 6.45) is 0. The van der Waals surface area contributed by atoms with Gasteiger partial charge in [0, 0.05) is 11.1 Å². The molecule has 0 bridgehead atoms. The molecule has 0 N–H and O–H groups in total. The van der Waals surface area contributed by atoms with Crippen molar-refractivity contribution in [1.29, 1.82) is 0 Å². The second-order valence-electron chi connectivity index (χ2n) is 4.82. The van der Waals surface area contributed by atoms with E-state index in [9.17, 15) is 4.79 Å². The van der Waals surface area contributed by atoms with E-state index in [1.54, 1.807) is 32.4 Å². The molecule has 2 rings (SSSR count). The maximum Gasteiger partial charge on any atom is 0.193 e. The molecular weight excluding hydrogens is 332 g/mol. The van der Waals surface area contributed by atoms with Crippen molar-refractivity contribution in [3.63, 3.8) is 0 Å². The summed E-state index contributed by atoms with van der Waals surface area (Å²) in [5.41, 5.74) is 3.15. The van der Waals surface area contributed by atoms with Crippen molar-refractivity contribution in [2.75, 3.05) is 14.2 Å². The highest BCUT2D eigenvalue weighted by Crippen LogP contribution is 2.28. The number of hydrogen-bond acceptors (Lipinski definition) is 3. The molecule has 0 saturated heterocycles. The van der Waals surface area contributed by atoms with Crippen molar-refractivity contribution in [1.82, 2.24) is 0 Å². The van der Waals surface area contributed by atoms with E-state index in [1.165, 1.54) is 0 Å². The molecule has 2 aromatic rings. The zero-order valence-electron chi connectivity index (χ0n) is 12.5. The van der Waals surface area contributed by atoms with Crippen molar-refractivity contribution in [2.24, 2.45) is 0 Å². The van der Waals surface area contributed by atoms with Gasteiger partial charge in [0.05, 0.1) is 18.7 Å². The lowest BCUT2D eigenvalue weighted by Gasteiger charge is -2.11. The number of methoxy groups -OCH3 is 2. The number of carbonyl (C=O) groups is 1. The topological polar surface area (TPSA) is 35.5 Å². The van der Waals surface area contributed by atoms with Gasteiger partial charge in [-0.2, -0.15) is 0 Å². The molecule has 0 saturated carbocycles. The van der Waals surface area contributed by atoms with Crippen LogP contribution in [0.1, 0.15) is 27.0 Å². The van der Waals surface area contributed by atoms with Crippen LogP contribution >= 0.6 is 15.9 Å². The van der Waals surface area contributed by atoms with Crippen LogP contribution in [0.3, 0.4) is 0 Å². The number of benzene rings is 2. The van der Waals surface area contributed by atoms with Gasteiger partial charge in [0.2, 0.25) is 0 Å². The second-order valence-corrected chi connectivity index (χ2v) is 5.67. The van der Waals surface area contributed by atoms with Gasteiger partial charge in [-0.05, 0) is 71.2 Å². The molecule has 0 aliphatic rings. The Labute approximate surface area is 133 Å². The van der Waals surface area contributed by atoms with Crippen LogP contribution in [0.2, 0.25) is 0 Å². The van der Waals surface area contributed by atoms with Crippen molar-refractivity contribution < 1.29 is 14.3 Å². The predicted octanol–water partition coefficient (Wildman–Crippen LogP) is 4.31. The van der Waals surface area contributed by atoms with Gasteiger partial charge in [-0.15, -0.1) is 0 Å². The van der Waals surface area contributed by atoms with E-state index in [4.69, 9.17) is 9.47 Å². The first-order valence-electron chi connectivity index (χ1n) is 6.51. The van der Waals surface area contributed by atoms with E-state index in [0.717, 1.165) is 21.3 Å². The molecule has 0 aliphatic carbocycles. The summed E-state index contributed by atoms with van der Waals surface area (Å²) in [7, 11) is 3.22. The molecule has 0 heterocycles. The van der Waals surface area contributed by atoms with E-state index in [1.807, 2.05) is 26.0 Å². The molecule has 0 fully saturated rings. The molecule has 4 heteroatoms. The zero-order valence-corrected chi connectivity index (χ0v) is 14.1. The van der Waals surface area contributed by atoms with Gasteiger partial charge in [-0.1, -0.05) is 0 Å². The highest BCUT2D eigenvalue weighted by molar-refractivity contribution is 9.10. The van der Waals surface area contributed by atoms with Crippen LogP contribution in [-0.2, 0) is 0 Å². The smallest absolute Gasteiger partial charge is 0.193 e. The molecule has 2 aromatic carbocycles. The fourth-order valence-corrected chi connectivity index (χ4v) is 2.76. The zero-order chi connectivity index (χ0) is 15.6. The number of ether oxygens (including phenoxy) is 2. The maximum atomic E-state index is 12.7. The highest BCUT2D eigenvalue weighted by atomic mass is 79.9. The van der Waals surface area contributed by atoms with Gasteiger partial charge in [-0.25, -0.2) is 0 Å². The number of rotatable bonds is 4. The second kappa shape index (κ2) is 6.31. The summed E-state index contributed by atoms with van der Waals surface area (Å²) < 4.78 is 11.2. The van der Waals surface area contributed by atoms with Crippen LogP contribution in [0.15, 0.2) is 34.8 Å². The van der Waals surface area contributed by atoms with Crippen LogP contribution < -0.4 is 9.47 Å². The summed E-state index contributed by atoms with van der Waals surface area (Å²) in [4.78, 5) is 12.7. The molecule has 0 spiro atoms. The van der Waals surface area contributed by atoms with Crippen LogP contribution in [0.4, 0.5) is 0 Å². The average molecular weight is 349 g/mol. The molecule has 0 atom stereocenters. The highest BCUT2D eigenvalue weighted by Gasteiger charge is 2.15. The number of halogens is 1. The SMILES string of the molecule is COc1cc(C)c(C(=O)c2ccc(OC)c(Br)c2)cc1C. The van der Waals surface area contributed by atoms with E-state index in [0.29, 0.717) is 16.9 Å². The third-order valence-corrected chi connectivity index (χ3v) is 4.02. The summed E-state index contributed by atoms with van der Waals surface area (Å²) in [5, 5.41) is 0. The molecule has 0 amide bonds. The van der Waals surface area contributed by atoms with Gasteiger partial charge < -0.3 is 9.47 Å². The summed E-state index contributed by atoms with van der Waals surface area (Å²) in [6.45, 7) is 3.84. The van der Waals surface area contributed by atoms with E-state index >= 15 is 0 Å². The first-order valence-corrected chi connectivity index (χ1v) is 7.30. The largest absolute Gasteiger partial charge is 0.496 e. The van der Waals surface area contributed by atoms with E-state index in [2.05, 4.69) is 15.9 Å². The Kier molecular flexibility index (Phi) is 4.68. The fraction of sp³-hybridized carbons (Fsp3) is 0.235. The third-order valence-electron chi connectivity index (χ3n) is 3.40. The minimum absolute atomic E-state index is 0.0124. The predicted molar refractivity (Wildman–Crippen MR) is 86.6 cm³/mol. The van der Waals surface area contributed by atoms with Crippen molar-refractivity contribution in [3.8, 4) is 11.5 Å². The van der Waals surface area contributed by atoms with Gasteiger partial charge >= 0.3 is 0 Å². The first-order chi connectivity index (χ1) is 9.97. The first kappa shape index (κ1) is 15.6. The molecule has 110 valence electrons. The molecule has 21 heavy (non-hydrogen) atoms. The van der Waals surface area contributed by atoms with Gasteiger partial charge in [0.1, 0.15) is 11.5 Å². The third kappa shape index (κ3) is 3.10. The quantitative estimate of drug-likeness (QED) is 0.772. The number of carbonyl (C=O) groups excluding carboxylic acids is 1. The normalized spacial score (nSPS) is 10.3. The Balaban J connectivity index is 2.45. The lowest BCUT2D eigenvalue weighted by molar-refractivity contribution is 0.103. The molecule has 3 nitrogen and oxygen atoms in total. The minimum atomic E-state index is -0.0124. The Bertz CT molecular complexity index is 693. The van der Waals surface area contributed by atoms with Gasteiger partial charge in [-0.3, -0.25) is 4.79 Å². The Morgan fingerprint density at radius 3 is 2.19 bits per heavy atom. The monoisotopic (exact) mass is 348 g/mol. The Morgan fingerprint density at radius 1 is 0.952 bits per heavy atom. The standard InChI is InChI=1S/C17H17BrO3/c1-10-8-16(21-4)11(2)7-13(10)17(19)12-5-6-15(20-3)14(18)9-12/h5-9H,1-4H3. The van der Waals surface area contributed by atoms with Gasteiger partial charge in [0.25, 0.3) is 0 Å². The van der Waals surface area contributed by atoms with E-state index in [-0.39, 0.29) is 5.78 Å². The summed E-state index contributed by atoms with van der Waals surface area (Å²) in [6, 6.07) is 9.09. The van der Waals surface area contributed by atoms with Crippen LogP contribution in [0.25, 0.3) is 0 Å². The van der Waals surface area contributed by atoms with Crippen molar-refractivity contribution in [3.05, 3.63) is 57.1 Å². The number of hydrogen-bond donors (Lipinski definition) is 0. The van der Waals surface area contributed by atoms with Crippen LogP contribution in [0, 0.1) is 13.8 Å². The maximum absolute atomic E-state index is 12.7. The molecule has 0 aliphatic heterocycles.